The monoisotopic (exact) mass is 366 g/mol. The van der Waals surface area contributed by atoms with Gasteiger partial charge in [-0.3, -0.25) is 4.79 Å². The Kier molecular flexibility index (Phi) is 4.14. The Balaban J connectivity index is 1.56. The second-order valence-corrected chi connectivity index (χ2v) is 6.08. The quantitative estimate of drug-likeness (QED) is 0.518. The molecular weight excluding hydrogens is 355 g/mol. The smallest absolute Gasteiger partial charge is 0.258 e. The number of carbonyl (C=O) groups is 1. The van der Waals surface area contributed by atoms with E-state index in [4.69, 9.17) is 16.0 Å². The van der Waals surface area contributed by atoms with Crippen LogP contribution in [0.25, 0.3) is 22.6 Å². The van der Waals surface area contributed by atoms with Crippen molar-refractivity contribution in [2.45, 2.75) is 0 Å². The molecule has 0 saturated carbocycles. The summed E-state index contributed by atoms with van der Waals surface area (Å²) in [7, 11) is 0. The first-order chi connectivity index (χ1) is 12.6. The number of fused-ring (bicyclic) bond motifs is 1. The number of amides is 1. The number of halogens is 2. The van der Waals surface area contributed by atoms with E-state index < -0.39 is 11.7 Å². The summed E-state index contributed by atoms with van der Waals surface area (Å²) in [6.07, 6.45) is 0. The molecule has 0 bridgehead atoms. The number of hydrogen-bond acceptors (Lipinski definition) is 3. The third-order valence-electron chi connectivity index (χ3n) is 3.86. The van der Waals surface area contributed by atoms with Crippen molar-refractivity contribution in [3.8, 4) is 11.5 Å². The second kappa shape index (κ2) is 6.61. The van der Waals surface area contributed by atoms with E-state index in [2.05, 4.69) is 10.3 Å². The van der Waals surface area contributed by atoms with Crippen LogP contribution in [0.5, 0.6) is 0 Å². The number of hydrogen-bond donors (Lipinski definition) is 1. The number of anilines is 1. The normalized spacial score (nSPS) is 10.8. The molecule has 0 aliphatic rings. The van der Waals surface area contributed by atoms with E-state index in [1.165, 1.54) is 18.2 Å². The molecule has 128 valence electrons. The van der Waals surface area contributed by atoms with Crippen molar-refractivity contribution in [1.82, 2.24) is 4.98 Å². The zero-order valence-corrected chi connectivity index (χ0v) is 14.1. The van der Waals surface area contributed by atoms with Gasteiger partial charge in [0.15, 0.2) is 5.58 Å². The molecule has 4 aromatic rings. The molecule has 0 radical (unpaired) electrons. The van der Waals surface area contributed by atoms with Crippen molar-refractivity contribution in [3.05, 3.63) is 83.1 Å². The predicted octanol–water partition coefficient (Wildman–Crippen LogP) is 5.54. The van der Waals surface area contributed by atoms with Gasteiger partial charge in [-0.2, -0.15) is 0 Å². The highest BCUT2D eigenvalue weighted by Gasteiger charge is 2.12. The van der Waals surface area contributed by atoms with Gasteiger partial charge in [-0.1, -0.05) is 23.7 Å². The van der Waals surface area contributed by atoms with Gasteiger partial charge in [0, 0.05) is 16.3 Å². The van der Waals surface area contributed by atoms with E-state index in [0.717, 1.165) is 5.56 Å². The van der Waals surface area contributed by atoms with Crippen LogP contribution in [-0.2, 0) is 0 Å². The molecule has 0 fully saturated rings. The topological polar surface area (TPSA) is 55.1 Å². The maximum absolute atomic E-state index is 13.7. The van der Waals surface area contributed by atoms with E-state index in [1.54, 1.807) is 48.5 Å². The number of nitrogens with zero attached hydrogens (tertiary/aromatic N) is 1. The molecule has 0 aliphatic carbocycles. The summed E-state index contributed by atoms with van der Waals surface area (Å²) in [5.41, 5.74) is 2.60. The molecule has 0 unspecified atom stereocenters. The molecule has 0 aliphatic heterocycles. The van der Waals surface area contributed by atoms with Gasteiger partial charge >= 0.3 is 0 Å². The first-order valence-electron chi connectivity index (χ1n) is 7.82. The molecule has 26 heavy (non-hydrogen) atoms. The number of carbonyl (C=O) groups excluding carboxylic acids is 1. The minimum Gasteiger partial charge on any atom is -0.436 e. The largest absolute Gasteiger partial charge is 0.436 e. The summed E-state index contributed by atoms with van der Waals surface area (Å²) in [6.45, 7) is 0. The van der Waals surface area contributed by atoms with Crippen LogP contribution in [0.15, 0.2) is 71.1 Å². The van der Waals surface area contributed by atoms with Crippen molar-refractivity contribution in [2.75, 3.05) is 5.32 Å². The lowest BCUT2D eigenvalue weighted by atomic mass is 10.1. The molecule has 4 rings (SSSR count). The predicted molar refractivity (Wildman–Crippen MR) is 98.8 cm³/mol. The second-order valence-electron chi connectivity index (χ2n) is 5.64. The highest BCUT2D eigenvalue weighted by atomic mass is 35.5. The van der Waals surface area contributed by atoms with Crippen LogP contribution in [0.4, 0.5) is 10.1 Å². The maximum Gasteiger partial charge on any atom is 0.258 e. The number of oxazole rings is 1. The van der Waals surface area contributed by atoms with Gasteiger partial charge < -0.3 is 9.73 Å². The molecule has 6 heteroatoms. The molecule has 0 saturated heterocycles. The summed E-state index contributed by atoms with van der Waals surface area (Å²) in [5, 5.41) is 3.25. The lowest BCUT2D eigenvalue weighted by Gasteiger charge is -2.06. The fourth-order valence-corrected chi connectivity index (χ4v) is 2.73. The Morgan fingerprint density at radius 1 is 1.04 bits per heavy atom. The van der Waals surface area contributed by atoms with Crippen LogP contribution >= 0.6 is 11.6 Å². The van der Waals surface area contributed by atoms with Crippen LogP contribution in [0, 0.1) is 5.82 Å². The van der Waals surface area contributed by atoms with Crippen molar-refractivity contribution in [2.24, 2.45) is 0 Å². The number of aromatic nitrogens is 1. The van der Waals surface area contributed by atoms with E-state index in [0.29, 0.717) is 27.7 Å². The molecular formula is C20H12ClFN2O2. The minimum atomic E-state index is -0.563. The molecule has 1 amide bonds. The van der Waals surface area contributed by atoms with Crippen LogP contribution < -0.4 is 5.32 Å². The molecule has 4 nitrogen and oxygen atoms in total. The van der Waals surface area contributed by atoms with Gasteiger partial charge in [0.05, 0.1) is 5.56 Å². The van der Waals surface area contributed by atoms with Crippen LogP contribution in [-0.4, -0.2) is 10.9 Å². The van der Waals surface area contributed by atoms with Gasteiger partial charge in [-0.15, -0.1) is 0 Å². The highest BCUT2D eigenvalue weighted by Crippen LogP contribution is 2.27. The Morgan fingerprint density at radius 2 is 1.81 bits per heavy atom. The van der Waals surface area contributed by atoms with Crippen molar-refractivity contribution >= 4 is 34.3 Å². The highest BCUT2D eigenvalue weighted by molar-refractivity contribution is 6.31. The van der Waals surface area contributed by atoms with E-state index in [1.807, 2.05) is 0 Å². The molecule has 1 N–H and O–H groups in total. The lowest BCUT2D eigenvalue weighted by molar-refractivity contribution is 0.102. The van der Waals surface area contributed by atoms with Gasteiger partial charge in [-0.25, -0.2) is 9.37 Å². The molecule has 0 atom stereocenters. The molecule has 3 aromatic carbocycles. The SMILES string of the molecule is O=C(Nc1ccc(-c2nc3cc(Cl)ccc3o2)cc1)c1ccccc1F. The van der Waals surface area contributed by atoms with Gasteiger partial charge in [0.2, 0.25) is 5.89 Å². The molecule has 0 spiro atoms. The summed E-state index contributed by atoms with van der Waals surface area (Å²) in [5.74, 6) is -0.617. The molecule has 1 heterocycles. The average Bonchev–Trinajstić information content (AvgIpc) is 3.05. The molecule has 1 aromatic heterocycles. The van der Waals surface area contributed by atoms with Gasteiger partial charge in [0.1, 0.15) is 11.3 Å². The third-order valence-corrected chi connectivity index (χ3v) is 4.09. The van der Waals surface area contributed by atoms with Gasteiger partial charge in [-0.05, 0) is 54.6 Å². The summed E-state index contributed by atoms with van der Waals surface area (Å²) in [6, 6.07) is 18.0. The number of rotatable bonds is 3. The Hall–Kier alpha value is -3.18. The summed E-state index contributed by atoms with van der Waals surface area (Å²) < 4.78 is 19.4. The van der Waals surface area contributed by atoms with Crippen molar-refractivity contribution in [1.29, 1.82) is 0 Å². The van der Waals surface area contributed by atoms with E-state index in [-0.39, 0.29) is 5.56 Å². The van der Waals surface area contributed by atoms with Gasteiger partial charge in [0.25, 0.3) is 5.91 Å². The van der Waals surface area contributed by atoms with Crippen LogP contribution in [0.2, 0.25) is 5.02 Å². The summed E-state index contributed by atoms with van der Waals surface area (Å²) >= 11 is 5.96. The van der Waals surface area contributed by atoms with Crippen LogP contribution in [0.1, 0.15) is 10.4 Å². The Bertz CT molecular complexity index is 1110. The van der Waals surface area contributed by atoms with E-state index >= 15 is 0 Å². The van der Waals surface area contributed by atoms with Crippen LogP contribution in [0.3, 0.4) is 0 Å². The number of nitrogens with one attached hydrogen (secondary N) is 1. The van der Waals surface area contributed by atoms with Crippen molar-refractivity contribution < 1.29 is 13.6 Å². The first-order valence-corrected chi connectivity index (χ1v) is 8.20. The minimum absolute atomic E-state index is 0.00703. The zero-order valence-electron chi connectivity index (χ0n) is 13.4. The maximum atomic E-state index is 13.7. The van der Waals surface area contributed by atoms with E-state index in [9.17, 15) is 9.18 Å². The fourth-order valence-electron chi connectivity index (χ4n) is 2.56. The Labute approximate surface area is 153 Å². The average molecular weight is 367 g/mol. The first kappa shape index (κ1) is 16.3. The van der Waals surface area contributed by atoms with Crippen molar-refractivity contribution in [3.63, 3.8) is 0 Å². The summed E-state index contributed by atoms with van der Waals surface area (Å²) in [4.78, 5) is 16.6. The fraction of sp³-hybridized carbons (Fsp3) is 0. The standard InChI is InChI=1S/C20H12ClFN2O2/c21-13-7-10-18-17(11-13)24-20(26-18)12-5-8-14(9-6-12)23-19(25)15-3-1-2-4-16(15)22/h1-11H,(H,23,25). The third kappa shape index (κ3) is 3.17. The lowest BCUT2D eigenvalue weighted by Crippen LogP contribution is -2.13. The zero-order chi connectivity index (χ0) is 18.1. The Morgan fingerprint density at radius 3 is 2.58 bits per heavy atom. The number of benzene rings is 3.